The minimum atomic E-state index is -0.308. The third-order valence-corrected chi connectivity index (χ3v) is 6.45. The van der Waals surface area contributed by atoms with E-state index in [0.717, 1.165) is 17.5 Å². The first-order chi connectivity index (χ1) is 15.9. The van der Waals surface area contributed by atoms with Crippen molar-refractivity contribution in [3.8, 4) is 11.5 Å². The van der Waals surface area contributed by atoms with Crippen LogP contribution >= 0.6 is 0 Å². The van der Waals surface area contributed by atoms with Gasteiger partial charge in [0.1, 0.15) is 11.5 Å². The Hall–Kier alpha value is -2.12. The molecule has 6 heteroatoms. The van der Waals surface area contributed by atoms with Crippen LogP contribution in [0.3, 0.4) is 0 Å². The molecule has 0 aromatic heterocycles. The highest BCUT2D eigenvalue weighted by Gasteiger charge is 2.33. The maximum absolute atomic E-state index is 10.8. The lowest BCUT2D eigenvalue weighted by Gasteiger charge is -2.37. The molecule has 1 saturated heterocycles. The number of ether oxygens (including phenoxy) is 2. The van der Waals surface area contributed by atoms with Gasteiger partial charge in [0.25, 0.3) is 0 Å². The molecular formula is C27H40N2O4. The molecule has 6 nitrogen and oxygen atoms in total. The van der Waals surface area contributed by atoms with Crippen molar-refractivity contribution in [1.29, 1.82) is 0 Å². The summed E-state index contributed by atoms with van der Waals surface area (Å²) in [5, 5.41) is 29.3. The van der Waals surface area contributed by atoms with Gasteiger partial charge in [0.2, 0.25) is 0 Å². The van der Waals surface area contributed by atoms with Crippen molar-refractivity contribution in [1.82, 2.24) is 10.6 Å². The van der Waals surface area contributed by atoms with E-state index >= 15 is 0 Å². The monoisotopic (exact) mass is 456 g/mol. The number of phenols is 2. The molecule has 4 N–H and O–H groups in total. The van der Waals surface area contributed by atoms with Crippen LogP contribution in [0.5, 0.6) is 11.5 Å². The summed E-state index contributed by atoms with van der Waals surface area (Å²) in [6.07, 6.45) is 0.849. The second-order valence-electron chi connectivity index (χ2n) is 9.61. The molecule has 182 valence electrons. The Labute approximate surface area is 198 Å². The van der Waals surface area contributed by atoms with Gasteiger partial charge in [-0.05, 0) is 30.4 Å². The zero-order valence-electron chi connectivity index (χ0n) is 20.3. The third-order valence-electron chi connectivity index (χ3n) is 6.45. The fourth-order valence-electron chi connectivity index (χ4n) is 4.24. The third kappa shape index (κ3) is 6.93. The lowest BCUT2D eigenvalue weighted by Crippen LogP contribution is -2.48. The predicted octanol–water partition coefficient (Wildman–Crippen LogP) is 4.55. The average Bonchev–Trinajstić information content (AvgIpc) is 2.80. The van der Waals surface area contributed by atoms with Crippen LogP contribution in [-0.2, 0) is 9.47 Å². The van der Waals surface area contributed by atoms with Gasteiger partial charge in [0.05, 0.1) is 25.3 Å². The van der Waals surface area contributed by atoms with Crippen LogP contribution < -0.4 is 10.6 Å². The number of aromatic hydroxyl groups is 2. The lowest BCUT2D eigenvalue weighted by atomic mass is 9.89. The molecule has 2 aromatic rings. The van der Waals surface area contributed by atoms with Crippen molar-refractivity contribution in [3.63, 3.8) is 0 Å². The Kier molecular flexibility index (Phi) is 9.56. The fourth-order valence-corrected chi connectivity index (χ4v) is 4.24. The van der Waals surface area contributed by atoms with Crippen LogP contribution in [0, 0.1) is 11.8 Å². The molecule has 0 bridgehead atoms. The first-order valence-corrected chi connectivity index (χ1v) is 12.1. The van der Waals surface area contributed by atoms with Gasteiger partial charge in [0, 0.05) is 36.4 Å². The fraction of sp³-hybridized carbons (Fsp3) is 0.556. The van der Waals surface area contributed by atoms with E-state index in [1.54, 1.807) is 12.1 Å². The highest BCUT2D eigenvalue weighted by atomic mass is 16.5. The minimum absolute atomic E-state index is 0.0592. The highest BCUT2D eigenvalue weighted by Crippen LogP contribution is 2.38. The molecule has 1 heterocycles. The maximum Gasteiger partial charge on any atom is 0.120 e. The summed E-state index contributed by atoms with van der Waals surface area (Å²) < 4.78 is 12.0. The van der Waals surface area contributed by atoms with Crippen molar-refractivity contribution in [2.24, 2.45) is 11.8 Å². The topological polar surface area (TPSA) is 83.0 Å². The molecule has 4 atom stereocenters. The van der Waals surface area contributed by atoms with Crippen LogP contribution in [0.1, 0.15) is 57.3 Å². The Bertz CT molecular complexity index is 788. The van der Waals surface area contributed by atoms with Crippen molar-refractivity contribution in [2.75, 3.05) is 26.4 Å². The van der Waals surface area contributed by atoms with Crippen LogP contribution in [0.25, 0.3) is 0 Å². The minimum Gasteiger partial charge on any atom is -0.508 e. The zero-order chi connectivity index (χ0) is 23.8. The smallest absolute Gasteiger partial charge is 0.120 e. The predicted molar refractivity (Wildman–Crippen MR) is 131 cm³/mol. The summed E-state index contributed by atoms with van der Waals surface area (Å²) in [5.41, 5.74) is 1.56. The first-order valence-electron chi connectivity index (χ1n) is 12.1. The van der Waals surface area contributed by atoms with E-state index in [1.165, 1.54) is 0 Å². The van der Waals surface area contributed by atoms with Crippen molar-refractivity contribution in [2.45, 2.75) is 58.3 Å². The number of phenolic OH excluding ortho intramolecular Hbond substituents is 2. The summed E-state index contributed by atoms with van der Waals surface area (Å²) in [5.74, 6) is 1.07. The molecule has 0 unspecified atom stereocenters. The van der Waals surface area contributed by atoms with Gasteiger partial charge in [-0.2, -0.15) is 0 Å². The van der Waals surface area contributed by atoms with E-state index in [-0.39, 0.29) is 35.7 Å². The van der Waals surface area contributed by atoms with Crippen molar-refractivity contribution < 1.29 is 19.7 Å². The number of para-hydroxylation sites is 2. The standard InChI is InChI=1S/C27H40N2O4/c1-18(2)22-16-32-14-9-15-33-17-23(19(3)4)29-27(21-11-6-8-13-25(21)31)26(28-22)20-10-5-7-12-24(20)30/h5-8,10-13,18-19,22-23,26-31H,9,14-17H2,1-4H3/t22-,23-,26-,27-/m1/s1. The Morgan fingerprint density at radius 3 is 1.45 bits per heavy atom. The van der Waals surface area contributed by atoms with E-state index in [0.29, 0.717) is 38.3 Å². The van der Waals surface area contributed by atoms with Crippen LogP contribution in [0.2, 0.25) is 0 Å². The Morgan fingerprint density at radius 2 is 1.09 bits per heavy atom. The van der Waals surface area contributed by atoms with Crippen molar-refractivity contribution in [3.05, 3.63) is 59.7 Å². The van der Waals surface area contributed by atoms with Gasteiger partial charge in [-0.15, -0.1) is 0 Å². The molecule has 33 heavy (non-hydrogen) atoms. The number of benzene rings is 2. The number of hydrogen-bond acceptors (Lipinski definition) is 6. The van der Waals surface area contributed by atoms with E-state index < -0.39 is 0 Å². The second-order valence-corrected chi connectivity index (χ2v) is 9.61. The first kappa shape index (κ1) is 25.5. The molecule has 0 amide bonds. The molecule has 1 fully saturated rings. The SMILES string of the molecule is CC(C)[C@H]1COCCCOC[C@H](C(C)C)N[C@H](c2ccccc2O)[C@@H](c2ccccc2O)N1. The van der Waals surface area contributed by atoms with Crippen LogP contribution in [0.15, 0.2) is 48.5 Å². The lowest BCUT2D eigenvalue weighted by molar-refractivity contribution is 0.0581. The highest BCUT2D eigenvalue weighted by molar-refractivity contribution is 5.41. The normalized spacial score (nSPS) is 25.9. The average molecular weight is 457 g/mol. The zero-order valence-corrected chi connectivity index (χ0v) is 20.3. The number of hydrogen-bond donors (Lipinski definition) is 4. The summed E-state index contributed by atoms with van der Waals surface area (Å²) in [4.78, 5) is 0. The van der Waals surface area contributed by atoms with Gasteiger partial charge in [0.15, 0.2) is 0 Å². The maximum atomic E-state index is 10.8. The molecule has 0 saturated carbocycles. The molecule has 0 spiro atoms. The van der Waals surface area contributed by atoms with Gasteiger partial charge >= 0.3 is 0 Å². The number of rotatable bonds is 4. The van der Waals surface area contributed by atoms with E-state index in [2.05, 4.69) is 38.3 Å². The van der Waals surface area contributed by atoms with Gasteiger partial charge in [-0.3, -0.25) is 0 Å². The van der Waals surface area contributed by atoms with Gasteiger partial charge in [-0.1, -0.05) is 64.1 Å². The quantitative estimate of drug-likeness (QED) is 0.541. The molecular weight excluding hydrogens is 416 g/mol. The van der Waals surface area contributed by atoms with Crippen molar-refractivity contribution >= 4 is 0 Å². The second kappa shape index (κ2) is 12.4. The molecule has 1 aliphatic heterocycles. The summed E-state index contributed by atoms with van der Waals surface area (Å²) in [6, 6.07) is 14.3. The van der Waals surface area contributed by atoms with E-state index in [9.17, 15) is 10.2 Å². The number of nitrogens with one attached hydrogen (secondary N) is 2. The Morgan fingerprint density at radius 1 is 0.697 bits per heavy atom. The van der Waals surface area contributed by atoms with Crippen LogP contribution in [0.4, 0.5) is 0 Å². The van der Waals surface area contributed by atoms with Gasteiger partial charge < -0.3 is 30.3 Å². The summed E-state index contributed by atoms with van der Waals surface area (Å²) >= 11 is 0. The van der Waals surface area contributed by atoms with Crippen LogP contribution in [-0.4, -0.2) is 48.7 Å². The summed E-state index contributed by atoms with van der Waals surface area (Å²) in [7, 11) is 0. The van der Waals surface area contributed by atoms with E-state index in [4.69, 9.17) is 9.47 Å². The molecule has 0 aliphatic carbocycles. The Balaban J connectivity index is 2.12. The molecule has 2 aromatic carbocycles. The van der Waals surface area contributed by atoms with E-state index in [1.807, 2.05) is 36.4 Å². The molecule has 1 aliphatic rings. The summed E-state index contributed by atoms with van der Waals surface area (Å²) in [6.45, 7) is 11.1. The molecule has 0 radical (unpaired) electrons. The largest absolute Gasteiger partial charge is 0.508 e. The van der Waals surface area contributed by atoms with Gasteiger partial charge in [-0.25, -0.2) is 0 Å². The molecule has 3 rings (SSSR count).